The highest BCUT2D eigenvalue weighted by Gasteiger charge is 2.14. The van der Waals surface area contributed by atoms with E-state index in [9.17, 15) is 18.4 Å². The van der Waals surface area contributed by atoms with Crippen LogP contribution in [0.3, 0.4) is 0 Å². The maximum atomic E-state index is 12.3. The number of halogens is 2. The zero-order valence-corrected chi connectivity index (χ0v) is 11.1. The monoisotopic (exact) mass is 311 g/mol. The highest BCUT2D eigenvalue weighted by atomic mass is 19.3. The lowest BCUT2D eigenvalue weighted by Crippen LogP contribution is -2.13. The molecule has 0 fully saturated rings. The average Bonchev–Trinajstić information content (AvgIpc) is 2.88. The average molecular weight is 311 g/mol. The first-order valence-corrected chi connectivity index (χ1v) is 6.05. The van der Waals surface area contributed by atoms with Crippen LogP contribution in [0.5, 0.6) is 5.75 Å². The number of rotatable bonds is 6. The number of hydrogen-bond acceptors (Lipinski definition) is 4. The van der Waals surface area contributed by atoms with Gasteiger partial charge in [-0.25, -0.2) is 0 Å². The number of hydrogen-bond donors (Lipinski definition) is 2. The lowest BCUT2D eigenvalue weighted by atomic mass is 10.2. The Kier molecular flexibility index (Phi) is 4.66. The molecule has 1 aromatic heterocycles. The summed E-state index contributed by atoms with van der Waals surface area (Å²) in [6.45, 7) is -3.41. The van der Waals surface area contributed by atoms with Gasteiger partial charge in [-0.3, -0.25) is 14.3 Å². The largest absolute Gasteiger partial charge is 0.480 e. The molecule has 0 saturated carbocycles. The second-order valence-corrected chi connectivity index (χ2v) is 4.15. The number of benzene rings is 1. The van der Waals surface area contributed by atoms with Gasteiger partial charge >= 0.3 is 12.6 Å². The number of carbonyl (C=O) groups is 2. The van der Waals surface area contributed by atoms with Gasteiger partial charge in [0.1, 0.15) is 12.3 Å². The number of alkyl halides is 2. The molecule has 0 aliphatic rings. The van der Waals surface area contributed by atoms with E-state index in [0.29, 0.717) is 0 Å². The first-order valence-electron chi connectivity index (χ1n) is 6.05. The Morgan fingerprint density at radius 1 is 1.36 bits per heavy atom. The number of para-hydroxylation sites is 2. The number of aromatic nitrogens is 2. The summed E-state index contributed by atoms with van der Waals surface area (Å²) in [5, 5.41) is 14.7. The molecule has 1 amide bonds. The Hall–Kier alpha value is -2.97. The molecular weight excluding hydrogens is 300 g/mol. The van der Waals surface area contributed by atoms with Crippen molar-refractivity contribution >= 4 is 17.6 Å². The molecule has 0 bridgehead atoms. The van der Waals surface area contributed by atoms with Crippen molar-refractivity contribution in [1.82, 2.24) is 9.78 Å². The summed E-state index contributed by atoms with van der Waals surface area (Å²) in [6, 6.07) is 5.72. The normalized spacial score (nSPS) is 10.5. The van der Waals surface area contributed by atoms with Crippen molar-refractivity contribution in [2.24, 2.45) is 0 Å². The summed E-state index contributed by atoms with van der Waals surface area (Å²) in [6.07, 6.45) is 2.41. The van der Waals surface area contributed by atoms with Gasteiger partial charge in [0, 0.05) is 6.20 Å². The van der Waals surface area contributed by atoms with Crippen molar-refractivity contribution in [3.8, 4) is 5.75 Å². The van der Waals surface area contributed by atoms with Gasteiger partial charge in [0.15, 0.2) is 0 Å². The first-order chi connectivity index (χ1) is 10.5. The van der Waals surface area contributed by atoms with Gasteiger partial charge < -0.3 is 15.2 Å². The fraction of sp³-hybridized carbons (Fsp3) is 0.154. The third-order valence-corrected chi connectivity index (χ3v) is 2.54. The van der Waals surface area contributed by atoms with Crippen LogP contribution in [0.4, 0.5) is 14.5 Å². The number of amides is 1. The third kappa shape index (κ3) is 4.01. The lowest BCUT2D eigenvalue weighted by Gasteiger charge is -2.10. The van der Waals surface area contributed by atoms with Gasteiger partial charge in [-0.15, -0.1) is 0 Å². The summed E-state index contributed by atoms with van der Waals surface area (Å²) in [4.78, 5) is 22.5. The zero-order chi connectivity index (χ0) is 16.1. The minimum Gasteiger partial charge on any atom is -0.480 e. The molecule has 0 radical (unpaired) electrons. The molecule has 0 atom stereocenters. The maximum Gasteiger partial charge on any atom is 0.387 e. The van der Waals surface area contributed by atoms with Crippen molar-refractivity contribution in [1.29, 1.82) is 0 Å². The molecule has 2 rings (SSSR count). The van der Waals surface area contributed by atoms with Gasteiger partial charge in [-0.2, -0.15) is 13.9 Å². The summed E-state index contributed by atoms with van der Waals surface area (Å²) in [5.74, 6) is -1.91. The Morgan fingerprint density at radius 2 is 2.09 bits per heavy atom. The predicted molar refractivity (Wildman–Crippen MR) is 70.9 cm³/mol. The Morgan fingerprint density at radius 3 is 2.77 bits per heavy atom. The van der Waals surface area contributed by atoms with Crippen LogP contribution in [-0.4, -0.2) is 33.4 Å². The molecule has 0 saturated heterocycles. The zero-order valence-electron chi connectivity index (χ0n) is 11.1. The molecule has 7 nitrogen and oxygen atoms in total. The molecule has 116 valence electrons. The van der Waals surface area contributed by atoms with E-state index in [4.69, 9.17) is 5.11 Å². The van der Waals surface area contributed by atoms with E-state index in [0.717, 1.165) is 4.68 Å². The van der Waals surface area contributed by atoms with E-state index in [1.54, 1.807) is 6.07 Å². The second-order valence-electron chi connectivity index (χ2n) is 4.15. The number of carboxylic acids is 1. The van der Waals surface area contributed by atoms with Gasteiger partial charge in [0.2, 0.25) is 0 Å². The molecule has 1 aromatic carbocycles. The number of aliphatic carboxylic acids is 1. The molecule has 0 spiro atoms. The van der Waals surface area contributed by atoms with E-state index in [2.05, 4.69) is 15.2 Å². The highest BCUT2D eigenvalue weighted by molar-refractivity contribution is 6.04. The van der Waals surface area contributed by atoms with Crippen LogP contribution < -0.4 is 10.1 Å². The summed E-state index contributed by atoms with van der Waals surface area (Å²) >= 11 is 0. The van der Waals surface area contributed by atoms with Crippen molar-refractivity contribution in [3.63, 3.8) is 0 Å². The van der Waals surface area contributed by atoms with Crippen LogP contribution >= 0.6 is 0 Å². The minimum atomic E-state index is -3.02. The highest BCUT2D eigenvalue weighted by Crippen LogP contribution is 2.25. The quantitative estimate of drug-likeness (QED) is 0.849. The molecule has 0 aliphatic heterocycles. The van der Waals surface area contributed by atoms with Crippen LogP contribution in [0.1, 0.15) is 10.4 Å². The molecule has 2 N–H and O–H groups in total. The Labute approximate surface area is 123 Å². The number of anilines is 1. The van der Waals surface area contributed by atoms with Gasteiger partial charge in [-0.05, 0) is 12.1 Å². The van der Waals surface area contributed by atoms with Crippen molar-refractivity contribution < 1.29 is 28.2 Å². The van der Waals surface area contributed by atoms with Crippen LogP contribution in [0.15, 0.2) is 36.7 Å². The first kappa shape index (κ1) is 15.4. The maximum absolute atomic E-state index is 12.3. The third-order valence-electron chi connectivity index (χ3n) is 2.54. The summed E-state index contributed by atoms with van der Waals surface area (Å²) < 4.78 is 29.9. The fourth-order valence-corrected chi connectivity index (χ4v) is 1.67. The number of nitrogens with one attached hydrogen (secondary N) is 1. The standard InChI is InChI=1S/C13H11F2N3O4/c14-13(15)22-10-4-2-1-3-9(10)17-12(21)8-5-16-18(6-8)7-11(19)20/h1-6,13H,7H2,(H,17,21)(H,19,20). The van der Waals surface area contributed by atoms with Crippen LogP contribution in [0, 0.1) is 0 Å². The minimum absolute atomic E-state index is 0.0683. The van der Waals surface area contributed by atoms with Crippen molar-refractivity contribution in [3.05, 3.63) is 42.2 Å². The van der Waals surface area contributed by atoms with Crippen molar-refractivity contribution in [2.45, 2.75) is 13.2 Å². The van der Waals surface area contributed by atoms with E-state index >= 15 is 0 Å². The SMILES string of the molecule is O=C(O)Cn1cc(C(=O)Nc2ccccc2OC(F)F)cn1. The van der Waals surface area contributed by atoms with Gasteiger partial charge in [0.25, 0.3) is 5.91 Å². The molecule has 1 heterocycles. The summed E-state index contributed by atoms with van der Waals surface area (Å²) in [7, 11) is 0. The van der Waals surface area contributed by atoms with Crippen LogP contribution in [0.2, 0.25) is 0 Å². The molecule has 22 heavy (non-hydrogen) atoms. The van der Waals surface area contributed by atoms with Crippen LogP contribution in [0.25, 0.3) is 0 Å². The van der Waals surface area contributed by atoms with E-state index in [-0.39, 0.29) is 17.0 Å². The summed E-state index contributed by atoms with van der Waals surface area (Å²) in [5.41, 5.74) is 0.159. The topological polar surface area (TPSA) is 93.5 Å². The molecular formula is C13H11F2N3O4. The van der Waals surface area contributed by atoms with Crippen molar-refractivity contribution in [2.75, 3.05) is 5.32 Å². The second kappa shape index (κ2) is 6.66. The van der Waals surface area contributed by atoms with Gasteiger partial charge in [0.05, 0.1) is 17.4 Å². The van der Waals surface area contributed by atoms with Crippen LogP contribution in [-0.2, 0) is 11.3 Å². The predicted octanol–water partition coefficient (Wildman–Crippen LogP) is 1.82. The van der Waals surface area contributed by atoms with E-state index in [1.807, 2.05) is 0 Å². The number of carbonyl (C=O) groups excluding carboxylic acids is 1. The number of nitrogens with zero attached hydrogens (tertiary/aromatic N) is 2. The van der Waals surface area contributed by atoms with Gasteiger partial charge in [-0.1, -0.05) is 12.1 Å². The lowest BCUT2D eigenvalue weighted by molar-refractivity contribution is -0.137. The fourth-order valence-electron chi connectivity index (χ4n) is 1.67. The Bertz CT molecular complexity index is 687. The molecule has 9 heteroatoms. The van der Waals surface area contributed by atoms with E-state index in [1.165, 1.54) is 30.6 Å². The molecule has 0 aliphatic carbocycles. The van der Waals surface area contributed by atoms with E-state index < -0.39 is 25.0 Å². The Balaban J connectivity index is 2.12. The number of carboxylic acid groups (broad SMARTS) is 1. The molecule has 2 aromatic rings. The smallest absolute Gasteiger partial charge is 0.387 e. The molecule has 0 unspecified atom stereocenters. The number of ether oxygens (including phenoxy) is 1.